The van der Waals surface area contributed by atoms with Gasteiger partial charge in [-0.05, 0) is 41.8 Å². The number of aryl methyl sites for hydroxylation is 1. The lowest BCUT2D eigenvalue weighted by molar-refractivity contribution is -0.121. The molecule has 2 aromatic rings. The summed E-state index contributed by atoms with van der Waals surface area (Å²) in [5, 5.41) is 2.92. The van der Waals surface area contributed by atoms with E-state index in [0.29, 0.717) is 19.4 Å². The highest BCUT2D eigenvalue weighted by molar-refractivity contribution is 5.76. The molecule has 0 aromatic heterocycles. The summed E-state index contributed by atoms with van der Waals surface area (Å²) >= 11 is 0. The first-order valence-electron chi connectivity index (χ1n) is 7.53. The van der Waals surface area contributed by atoms with Gasteiger partial charge in [-0.15, -0.1) is 0 Å². The Balaban J connectivity index is 1.48. The Hall–Kier alpha value is -2.69. The fraction of sp³-hybridized carbons (Fsp3) is 0.278. The summed E-state index contributed by atoms with van der Waals surface area (Å²) in [4.78, 5) is 12.0. The van der Waals surface area contributed by atoms with Crippen LogP contribution in [-0.4, -0.2) is 19.8 Å². The molecule has 0 radical (unpaired) electrons. The topological polar surface area (TPSA) is 56.8 Å². The van der Waals surface area contributed by atoms with Crippen molar-refractivity contribution in [3.8, 4) is 17.2 Å². The second kappa shape index (κ2) is 7.05. The number of fused-ring (bicyclic) bond motifs is 1. The van der Waals surface area contributed by atoms with Crippen LogP contribution in [0.5, 0.6) is 17.2 Å². The number of hydrogen-bond acceptors (Lipinski definition) is 4. The molecular formula is C18H19NO4. The highest BCUT2D eigenvalue weighted by Gasteiger charge is 2.13. The summed E-state index contributed by atoms with van der Waals surface area (Å²) in [6.45, 7) is 0.761. The number of rotatable bonds is 6. The van der Waals surface area contributed by atoms with E-state index in [1.807, 2.05) is 42.5 Å². The van der Waals surface area contributed by atoms with Crippen LogP contribution >= 0.6 is 0 Å². The molecule has 0 bridgehead atoms. The Morgan fingerprint density at radius 2 is 2.00 bits per heavy atom. The minimum Gasteiger partial charge on any atom is -0.497 e. The predicted octanol–water partition coefficient (Wildman–Crippen LogP) is 2.67. The fourth-order valence-electron chi connectivity index (χ4n) is 2.43. The van der Waals surface area contributed by atoms with Gasteiger partial charge >= 0.3 is 0 Å². The number of ether oxygens (including phenoxy) is 3. The fourth-order valence-corrected chi connectivity index (χ4v) is 2.43. The monoisotopic (exact) mass is 313 g/mol. The van der Waals surface area contributed by atoms with Crippen molar-refractivity contribution >= 4 is 5.91 Å². The van der Waals surface area contributed by atoms with Crippen LogP contribution in [0.2, 0.25) is 0 Å². The molecule has 1 aliphatic heterocycles. The SMILES string of the molecule is COc1cccc(CNC(=O)CCc2ccc3c(c2)OCO3)c1. The van der Waals surface area contributed by atoms with Gasteiger partial charge in [-0.25, -0.2) is 0 Å². The Kier molecular flexibility index (Phi) is 4.66. The molecule has 2 aromatic carbocycles. The van der Waals surface area contributed by atoms with Crippen molar-refractivity contribution in [2.75, 3.05) is 13.9 Å². The minimum atomic E-state index is 0.0190. The number of nitrogens with one attached hydrogen (secondary N) is 1. The molecule has 0 aliphatic carbocycles. The predicted molar refractivity (Wildman–Crippen MR) is 85.7 cm³/mol. The Labute approximate surface area is 135 Å². The number of amides is 1. The lowest BCUT2D eigenvalue weighted by Gasteiger charge is -2.07. The molecule has 23 heavy (non-hydrogen) atoms. The van der Waals surface area contributed by atoms with Crippen molar-refractivity contribution in [3.05, 3.63) is 53.6 Å². The second-order valence-corrected chi connectivity index (χ2v) is 5.32. The van der Waals surface area contributed by atoms with E-state index < -0.39 is 0 Å². The largest absolute Gasteiger partial charge is 0.497 e. The van der Waals surface area contributed by atoms with Gasteiger partial charge in [0.15, 0.2) is 11.5 Å². The van der Waals surface area contributed by atoms with Gasteiger partial charge < -0.3 is 19.5 Å². The van der Waals surface area contributed by atoms with Crippen LogP contribution in [0.15, 0.2) is 42.5 Å². The van der Waals surface area contributed by atoms with Gasteiger partial charge in [0.1, 0.15) is 5.75 Å². The summed E-state index contributed by atoms with van der Waals surface area (Å²) in [5.74, 6) is 2.32. The first-order valence-corrected chi connectivity index (χ1v) is 7.53. The van der Waals surface area contributed by atoms with Gasteiger partial charge in [-0.3, -0.25) is 4.79 Å². The number of carbonyl (C=O) groups excluding carboxylic acids is 1. The zero-order chi connectivity index (χ0) is 16.1. The lowest BCUT2D eigenvalue weighted by atomic mass is 10.1. The van der Waals surface area contributed by atoms with Crippen LogP contribution in [0, 0.1) is 0 Å². The summed E-state index contributed by atoms with van der Waals surface area (Å²) in [7, 11) is 1.63. The van der Waals surface area contributed by atoms with E-state index in [-0.39, 0.29) is 12.7 Å². The standard InChI is InChI=1S/C18H19NO4/c1-21-15-4-2-3-14(9-15)11-19-18(20)8-6-13-5-7-16-17(10-13)23-12-22-16/h2-5,7,9-10H,6,8,11-12H2,1H3,(H,19,20). The van der Waals surface area contributed by atoms with Crippen LogP contribution in [-0.2, 0) is 17.8 Å². The van der Waals surface area contributed by atoms with Gasteiger partial charge in [-0.1, -0.05) is 18.2 Å². The van der Waals surface area contributed by atoms with Crippen LogP contribution < -0.4 is 19.5 Å². The molecule has 5 nitrogen and oxygen atoms in total. The number of carbonyl (C=O) groups is 1. The molecule has 0 saturated carbocycles. The Bertz CT molecular complexity index is 699. The van der Waals surface area contributed by atoms with Crippen LogP contribution in [0.25, 0.3) is 0 Å². The van der Waals surface area contributed by atoms with Gasteiger partial charge in [0.2, 0.25) is 12.7 Å². The third kappa shape index (κ3) is 3.94. The van der Waals surface area contributed by atoms with E-state index in [1.54, 1.807) is 7.11 Å². The van der Waals surface area contributed by atoms with Crippen molar-refractivity contribution in [2.45, 2.75) is 19.4 Å². The van der Waals surface area contributed by atoms with Gasteiger partial charge in [0, 0.05) is 13.0 Å². The van der Waals surface area contributed by atoms with E-state index in [0.717, 1.165) is 28.4 Å². The summed E-state index contributed by atoms with van der Waals surface area (Å²) in [5.41, 5.74) is 2.08. The first kappa shape index (κ1) is 15.2. The molecule has 0 spiro atoms. The average Bonchev–Trinajstić information content (AvgIpc) is 3.06. The smallest absolute Gasteiger partial charge is 0.231 e. The maximum absolute atomic E-state index is 12.0. The molecule has 1 heterocycles. The van der Waals surface area contributed by atoms with E-state index in [4.69, 9.17) is 14.2 Å². The van der Waals surface area contributed by atoms with Crippen molar-refractivity contribution in [2.24, 2.45) is 0 Å². The highest BCUT2D eigenvalue weighted by atomic mass is 16.7. The third-order valence-corrected chi connectivity index (χ3v) is 3.70. The number of hydrogen-bond donors (Lipinski definition) is 1. The average molecular weight is 313 g/mol. The van der Waals surface area contributed by atoms with Gasteiger partial charge in [0.25, 0.3) is 0 Å². The minimum absolute atomic E-state index is 0.0190. The van der Waals surface area contributed by atoms with Gasteiger partial charge in [-0.2, -0.15) is 0 Å². The lowest BCUT2D eigenvalue weighted by Crippen LogP contribution is -2.22. The normalized spacial score (nSPS) is 12.0. The van der Waals surface area contributed by atoms with Gasteiger partial charge in [0.05, 0.1) is 7.11 Å². The van der Waals surface area contributed by atoms with Crippen molar-refractivity contribution in [1.29, 1.82) is 0 Å². The zero-order valence-electron chi connectivity index (χ0n) is 13.0. The molecule has 1 amide bonds. The van der Waals surface area contributed by atoms with Crippen LogP contribution in [0.1, 0.15) is 17.5 Å². The quantitative estimate of drug-likeness (QED) is 0.891. The van der Waals surface area contributed by atoms with Crippen LogP contribution in [0.3, 0.4) is 0 Å². The molecule has 3 rings (SSSR count). The molecular weight excluding hydrogens is 294 g/mol. The molecule has 5 heteroatoms. The van der Waals surface area contributed by atoms with Crippen molar-refractivity contribution in [1.82, 2.24) is 5.32 Å². The Morgan fingerprint density at radius 3 is 2.87 bits per heavy atom. The molecule has 1 aliphatic rings. The van der Waals surface area contributed by atoms with E-state index >= 15 is 0 Å². The number of methoxy groups -OCH3 is 1. The summed E-state index contributed by atoms with van der Waals surface area (Å²) in [6.07, 6.45) is 1.10. The van der Waals surface area contributed by atoms with E-state index in [9.17, 15) is 4.79 Å². The molecule has 1 N–H and O–H groups in total. The maximum atomic E-state index is 12.0. The molecule has 0 fully saturated rings. The molecule has 0 atom stereocenters. The molecule has 0 unspecified atom stereocenters. The van der Waals surface area contributed by atoms with E-state index in [2.05, 4.69) is 5.32 Å². The zero-order valence-corrected chi connectivity index (χ0v) is 13.0. The summed E-state index contributed by atoms with van der Waals surface area (Å²) in [6, 6.07) is 13.4. The van der Waals surface area contributed by atoms with E-state index in [1.165, 1.54) is 0 Å². The van der Waals surface area contributed by atoms with Crippen molar-refractivity contribution in [3.63, 3.8) is 0 Å². The second-order valence-electron chi connectivity index (χ2n) is 5.32. The molecule has 120 valence electrons. The maximum Gasteiger partial charge on any atom is 0.231 e. The third-order valence-electron chi connectivity index (χ3n) is 3.70. The van der Waals surface area contributed by atoms with Crippen molar-refractivity contribution < 1.29 is 19.0 Å². The number of benzene rings is 2. The van der Waals surface area contributed by atoms with Crippen LogP contribution in [0.4, 0.5) is 0 Å². The first-order chi connectivity index (χ1) is 11.2. The Morgan fingerprint density at radius 1 is 1.13 bits per heavy atom. The highest BCUT2D eigenvalue weighted by Crippen LogP contribution is 2.32. The molecule has 0 saturated heterocycles. The summed E-state index contributed by atoms with van der Waals surface area (Å²) < 4.78 is 15.8.